The average molecular weight is 313 g/mol. The maximum atomic E-state index is 8.79. The van der Waals surface area contributed by atoms with Gasteiger partial charge in [-0.15, -0.1) is 0 Å². The second-order valence-electron chi connectivity index (χ2n) is 5.83. The van der Waals surface area contributed by atoms with Crippen LogP contribution in [-0.2, 0) is 0 Å². The maximum absolute atomic E-state index is 8.79. The molecule has 1 aliphatic rings. The molecule has 1 atom stereocenters. The fraction of sp³-hybridized carbons (Fsp3) is 0.368. The smallest absolute Gasteiger partial charge is 0.124 e. The third-order valence-electron chi connectivity index (χ3n) is 3.99. The molecule has 1 unspecified atom stereocenters. The van der Waals surface area contributed by atoms with Gasteiger partial charge in [0.2, 0.25) is 0 Å². The summed E-state index contributed by atoms with van der Waals surface area (Å²) in [6.07, 6.45) is 2.07. The second kappa shape index (κ2) is 7.38. The van der Waals surface area contributed by atoms with E-state index in [4.69, 9.17) is 14.6 Å². The van der Waals surface area contributed by atoms with Crippen molar-refractivity contribution in [2.24, 2.45) is 0 Å². The quantitative estimate of drug-likeness (QED) is 0.884. The van der Waals surface area contributed by atoms with E-state index in [0.717, 1.165) is 36.6 Å². The van der Waals surface area contributed by atoms with Crippen LogP contribution in [0.25, 0.3) is 0 Å². The van der Waals surface area contributed by atoms with Gasteiger partial charge in [-0.3, -0.25) is 0 Å². The molecule has 0 bridgehead atoms. The van der Waals surface area contributed by atoms with Gasteiger partial charge in [0.05, 0.1) is 19.3 Å². The number of ether oxygens (including phenoxy) is 2. The predicted molar refractivity (Wildman–Crippen MR) is 91.3 cm³/mol. The van der Waals surface area contributed by atoms with Crippen LogP contribution in [0.5, 0.6) is 11.5 Å². The molecule has 0 spiro atoms. The molecule has 2 aromatic carbocycles. The molecule has 3 rings (SSSR count). The summed E-state index contributed by atoms with van der Waals surface area (Å²) in [6, 6.07) is 14.5. The van der Waals surface area contributed by atoms with Gasteiger partial charge >= 0.3 is 0 Å². The number of rotatable bonds is 5. The largest absolute Gasteiger partial charge is 0.493 e. The highest BCUT2D eigenvalue weighted by atomic mass is 16.5. The summed E-state index contributed by atoms with van der Waals surface area (Å²) in [4.78, 5) is 0. The topological polar surface area (TPSA) is 50.7 Å². The number of aryl methyl sites for hydroxylation is 1. The number of aliphatic hydroxyl groups excluding tert-OH is 1. The Morgan fingerprint density at radius 1 is 1.22 bits per heavy atom. The standard InChI is InChI=1S/C19H23NO3/c1-14-4-9-19-17(13-14)18(3-2-11-23-19)20-15-5-7-16(8-6-15)22-12-10-21/h4-9,13,18,20-21H,2-3,10-12H2,1H3. The first-order valence-electron chi connectivity index (χ1n) is 8.10. The fourth-order valence-electron chi connectivity index (χ4n) is 2.86. The molecular formula is C19H23NO3. The van der Waals surface area contributed by atoms with Gasteiger partial charge in [-0.1, -0.05) is 17.7 Å². The van der Waals surface area contributed by atoms with E-state index in [-0.39, 0.29) is 12.6 Å². The zero-order valence-corrected chi connectivity index (χ0v) is 13.4. The number of hydrogen-bond donors (Lipinski definition) is 2. The highest BCUT2D eigenvalue weighted by molar-refractivity contribution is 5.50. The van der Waals surface area contributed by atoms with Crippen molar-refractivity contribution in [1.29, 1.82) is 0 Å². The molecule has 4 heteroatoms. The summed E-state index contributed by atoms with van der Waals surface area (Å²) in [5, 5.41) is 12.4. The molecule has 122 valence electrons. The van der Waals surface area contributed by atoms with Gasteiger partial charge < -0.3 is 19.9 Å². The van der Waals surface area contributed by atoms with Crippen molar-refractivity contribution in [2.75, 3.05) is 25.1 Å². The Hall–Kier alpha value is -2.20. The van der Waals surface area contributed by atoms with Crippen molar-refractivity contribution in [2.45, 2.75) is 25.8 Å². The Morgan fingerprint density at radius 3 is 2.83 bits per heavy atom. The van der Waals surface area contributed by atoms with Crippen LogP contribution < -0.4 is 14.8 Å². The molecule has 23 heavy (non-hydrogen) atoms. The van der Waals surface area contributed by atoms with Crippen LogP contribution >= 0.6 is 0 Å². The van der Waals surface area contributed by atoms with Crippen molar-refractivity contribution in [3.05, 3.63) is 53.6 Å². The minimum Gasteiger partial charge on any atom is -0.493 e. The van der Waals surface area contributed by atoms with Crippen LogP contribution in [0, 0.1) is 6.92 Å². The Bertz CT molecular complexity index is 640. The third-order valence-corrected chi connectivity index (χ3v) is 3.99. The van der Waals surface area contributed by atoms with E-state index in [9.17, 15) is 0 Å². The van der Waals surface area contributed by atoms with Gasteiger partial charge in [-0.05, 0) is 50.1 Å². The van der Waals surface area contributed by atoms with Gasteiger partial charge in [-0.25, -0.2) is 0 Å². The van der Waals surface area contributed by atoms with E-state index in [1.165, 1.54) is 11.1 Å². The van der Waals surface area contributed by atoms with E-state index in [0.29, 0.717) is 6.61 Å². The van der Waals surface area contributed by atoms with Crippen LogP contribution in [0.1, 0.15) is 30.0 Å². The average Bonchev–Trinajstić information content (AvgIpc) is 2.76. The molecule has 0 fully saturated rings. The SMILES string of the molecule is Cc1ccc2c(c1)C(Nc1ccc(OCCO)cc1)CCCO2. The molecule has 1 aliphatic heterocycles. The molecule has 0 saturated carbocycles. The summed E-state index contributed by atoms with van der Waals surface area (Å²) in [5.41, 5.74) is 3.53. The van der Waals surface area contributed by atoms with E-state index >= 15 is 0 Å². The first-order chi connectivity index (χ1) is 11.3. The lowest BCUT2D eigenvalue weighted by molar-refractivity contribution is 0.201. The van der Waals surface area contributed by atoms with Crippen LogP contribution in [0.3, 0.4) is 0 Å². The lowest BCUT2D eigenvalue weighted by atomic mass is 9.99. The Morgan fingerprint density at radius 2 is 2.04 bits per heavy atom. The molecule has 1 heterocycles. The van der Waals surface area contributed by atoms with E-state index in [1.807, 2.05) is 24.3 Å². The highest BCUT2D eigenvalue weighted by Gasteiger charge is 2.19. The summed E-state index contributed by atoms with van der Waals surface area (Å²) in [7, 11) is 0. The van der Waals surface area contributed by atoms with Crippen molar-refractivity contribution < 1.29 is 14.6 Å². The van der Waals surface area contributed by atoms with Crippen LogP contribution in [-0.4, -0.2) is 24.9 Å². The number of aliphatic hydroxyl groups is 1. The van der Waals surface area contributed by atoms with Gasteiger partial charge in [0.15, 0.2) is 0 Å². The molecule has 0 saturated heterocycles. The number of hydrogen-bond acceptors (Lipinski definition) is 4. The number of benzene rings is 2. The number of anilines is 1. The number of fused-ring (bicyclic) bond motifs is 1. The van der Waals surface area contributed by atoms with Crippen LogP contribution in [0.2, 0.25) is 0 Å². The lowest BCUT2D eigenvalue weighted by Gasteiger charge is -2.20. The summed E-state index contributed by atoms with van der Waals surface area (Å²) in [5.74, 6) is 1.75. The first kappa shape index (κ1) is 15.7. The Balaban J connectivity index is 1.76. The Kier molecular flexibility index (Phi) is 5.03. The minimum absolute atomic E-state index is 0.0260. The summed E-state index contributed by atoms with van der Waals surface area (Å²) in [6.45, 7) is 3.22. The molecule has 0 aliphatic carbocycles. The number of nitrogens with one attached hydrogen (secondary N) is 1. The normalized spacial score (nSPS) is 16.9. The highest BCUT2D eigenvalue weighted by Crippen LogP contribution is 2.34. The Labute approximate surface area is 137 Å². The zero-order chi connectivity index (χ0) is 16.1. The molecule has 2 N–H and O–H groups in total. The summed E-state index contributed by atoms with van der Waals surface area (Å²) < 4.78 is 11.2. The zero-order valence-electron chi connectivity index (χ0n) is 13.4. The van der Waals surface area contributed by atoms with Gasteiger partial charge in [-0.2, -0.15) is 0 Å². The third kappa shape index (κ3) is 3.96. The monoisotopic (exact) mass is 313 g/mol. The van der Waals surface area contributed by atoms with Crippen LogP contribution in [0.4, 0.5) is 5.69 Å². The molecule has 0 radical (unpaired) electrons. The first-order valence-corrected chi connectivity index (χ1v) is 8.10. The van der Waals surface area contributed by atoms with E-state index < -0.39 is 0 Å². The molecule has 0 amide bonds. The second-order valence-corrected chi connectivity index (χ2v) is 5.83. The van der Waals surface area contributed by atoms with Gasteiger partial charge in [0.25, 0.3) is 0 Å². The fourth-order valence-corrected chi connectivity index (χ4v) is 2.86. The maximum Gasteiger partial charge on any atom is 0.124 e. The van der Waals surface area contributed by atoms with Gasteiger partial charge in [0.1, 0.15) is 18.1 Å². The van der Waals surface area contributed by atoms with Crippen LogP contribution in [0.15, 0.2) is 42.5 Å². The molecule has 4 nitrogen and oxygen atoms in total. The van der Waals surface area contributed by atoms with Crippen molar-refractivity contribution in [3.63, 3.8) is 0 Å². The summed E-state index contributed by atoms with van der Waals surface area (Å²) >= 11 is 0. The van der Waals surface area contributed by atoms with Crippen molar-refractivity contribution in [1.82, 2.24) is 0 Å². The van der Waals surface area contributed by atoms with E-state index in [2.05, 4.69) is 30.4 Å². The van der Waals surface area contributed by atoms with Crippen molar-refractivity contribution >= 4 is 5.69 Å². The predicted octanol–water partition coefficient (Wildman–Crippen LogP) is 3.69. The lowest BCUT2D eigenvalue weighted by Crippen LogP contribution is -2.10. The molecular weight excluding hydrogens is 290 g/mol. The molecule has 2 aromatic rings. The molecule has 0 aromatic heterocycles. The van der Waals surface area contributed by atoms with Gasteiger partial charge in [0, 0.05) is 11.3 Å². The minimum atomic E-state index is 0.0260. The van der Waals surface area contributed by atoms with Crippen molar-refractivity contribution in [3.8, 4) is 11.5 Å². The van der Waals surface area contributed by atoms with E-state index in [1.54, 1.807) is 0 Å².